The molecule has 136 valence electrons. The first-order chi connectivity index (χ1) is 13.0. The van der Waals surface area contributed by atoms with Gasteiger partial charge in [0.1, 0.15) is 5.41 Å². The highest BCUT2D eigenvalue weighted by Crippen LogP contribution is 2.48. The predicted octanol–water partition coefficient (Wildman–Crippen LogP) is 4.21. The lowest BCUT2D eigenvalue weighted by Crippen LogP contribution is -2.35. The number of hydrogen-bond acceptors (Lipinski definition) is 3. The number of fused-ring (bicyclic) bond motifs is 1. The second kappa shape index (κ2) is 6.50. The van der Waals surface area contributed by atoms with E-state index in [0.29, 0.717) is 18.5 Å². The van der Waals surface area contributed by atoms with E-state index < -0.39 is 5.41 Å². The molecular weight excluding hydrogens is 338 g/mol. The first kappa shape index (κ1) is 17.2. The van der Waals surface area contributed by atoms with Gasteiger partial charge in [-0.3, -0.25) is 14.6 Å². The molecule has 0 radical (unpaired) electrons. The number of carbonyl (C=O) groups excluding carboxylic acids is 2. The van der Waals surface area contributed by atoms with Crippen LogP contribution in [0.5, 0.6) is 0 Å². The summed E-state index contributed by atoms with van der Waals surface area (Å²) in [6, 6.07) is 15.2. The second-order valence-electron chi connectivity index (χ2n) is 7.12. The zero-order valence-corrected chi connectivity index (χ0v) is 15.4. The van der Waals surface area contributed by atoms with Crippen molar-refractivity contribution in [2.45, 2.75) is 26.7 Å². The van der Waals surface area contributed by atoms with Gasteiger partial charge in [0.25, 0.3) is 0 Å². The molecule has 4 rings (SSSR count). The van der Waals surface area contributed by atoms with Gasteiger partial charge in [-0.15, -0.1) is 0 Å². The number of nitrogens with one attached hydrogen (secondary N) is 2. The predicted molar refractivity (Wildman–Crippen MR) is 107 cm³/mol. The van der Waals surface area contributed by atoms with Crippen molar-refractivity contribution in [1.82, 2.24) is 4.98 Å². The van der Waals surface area contributed by atoms with E-state index in [-0.39, 0.29) is 11.8 Å². The highest BCUT2D eigenvalue weighted by molar-refractivity contribution is 6.18. The molecule has 0 aliphatic heterocycles. The van der Waals surface area contributed by atoms with Crippen LogP contribution in [0, 0.1) is 19.3 Å². The minimum atomic E-state index is -1.01. The summed E-state index contributed by atoms with van der Waals surface area (Å²) in [5.41, 5.74) is 3.21. The van der Waals surface area contributed by atoms with E-state index in [2.05, 4.69) is 15.6 Å². The van der Waals surface area contributed by atoms with E-state index in [1.54, 1.807) is 6.20 Å². The number of nitrogens with zero attached hydrogens (tertiary/aromatic N) is 1. The van der Waals surface area contributed by atoms with Gasteiger partial charge in [-0.05, 0) is 56.0 Å². The molecule has 1 heterocycles. The highest BCUT2D eigenvalue weighted by Gasteiger charge is 2.56. The Hall–Kier alpha value is -3.21. The molecule has 1 fully saturated rings. The number of amides is 2. The summed E-state index contributed by atoms with van der Waals surface area (Å²) in [5, 5.41) is 6.80. The van der Waals surface area contributed by atoms with Gasteiger partial charge in [0.2, 0.25) is 11.8 Å². The van der Waals surface area contributed by atoms with Gasteiger partial charge in [0.05, 0.1) is 11.2 Å². The molecular formula is C22H21N3O2. The van der Waals surface area contributed by atoms with Crippen molar-refractivity contribution in [3.05, 3.63) is 65.9 Å². The van der Waals surface area contributed by atoms with Crippen LogP contribution in [0.4, 0.5) is 11.4 Å². The number of rotatable bonds is 4. The molecule has 1 saturated carbocycles. The Morgan fingerprint density at radius 1 is 0.889 bits per heavy atom. The summed E-state index contributed by atoms with van der Waals surface area (Å²) < 4.78 is 0. The Bertz CT molecular complexity index is 1050. The maximum absolute atomic E-state index is 12.9. The average molecular weight is 359 g/mol. The van der Waals surface area contributed by atoms with Crippen LogP contribution in [-0.2, 0) is 9.59 Å². The van der Waals surface area contributed by atoms with Crippen LogP contribution in [0.15, 0.2) is 54.7 Å². The summed E-state index contributed by atoms with van der Waals surface area (Å²) in [6.45, 7) is 3.96. The van der Waals surface area contributed by atoms with Crippen LogP contribution >= 0.6 is 0 Å². The van der Waals surface area contributed by atoms with Crippen LogP contribution in [0.1, 0.15) is 24.0 Å². The van der Waals surface area contributed by atoms with E-state index in [0.717, 1.165) is 27.7 Å². The van der Waals surface area contributed by atoms with Crippen LogP contribution in [0.3, 0.4) is 0 Å². The molecule has 1 aromatic heterocycles. The van der Waals surface area contributed by atoms with Crippen molar-refractivity contribution in [2.24, 2.45) is 5.41 Å². The van der Waals surface area contributed by atoms with E-state index in [1.807, 2.05) is 62.4 Å². The molecule has 1 aliphatic rings. The smallest absolute Gasteiger partial charge is 0.240 e. The molecule has 2 amide bonds. The summed E-state index contributed by atoms with van der Waals surface area (Å²) in [4.78, 5) is 30.1. The second-order valence-corrected chi connectivity index (χ2v) is 7.12. The van der Waals surface area contributed by atoms with Gasteiger partial charge in [0.15, 0.2) is 0 Å². The molecule has 3 aromatic rings. The van der Waals surface area contributed by atoms with Crippen LogP contribution < -0.4 is 10.6 Å². The summed E-state index contributed by atoms with van der Waals surface area (Å²) >= 11 is 0. The molecule has 0 bridgehead atoms. The molecule has 27 heavy (non-hydrogen) atoms. The third-order valence-corrected chi connectivity index (χ3v) is 5.35. The molecule has 0 saturated heterocycles. The first-order valence-electron chi connectivity index (χ1n) is 9.04. The van der Waals surface area contributed by atoms with E-state index in [1.165, 1.54) is 0 Å². The van der Waals surface area contributed by atoms with Gasteiger partial charge in [-0.25, -0.2) is 0 Å². The number of hydrogen-bond donors (Lipinski definition) is 2. The number of para-hydroxylation sites is 1. The Labute approximate surface area is 157 Å². The third-order valence-electron chi connectivity index (χ3n) is 5.35. The fourth-order valence-electron chi connectivity index (χ4n) is 3.26. The maximum Gasteiger partial charge on any atom is 0.240 e. The molecule has 2 N–H and O–H groups in total. The minimum Gasteiger partial charge on any atom is -0.325 e. The van der Waals surface area contributed by atoms with Gasteiger partial charge < -0.3 is 10.6 Å². The molecule has 0 spiro atoms. The summed E-state index contributed by atoms with van der Waals surface area (Å²) in [5.74, 6) is -0.523. The van der Waals surface area contributed by atoms with Gasteiger partial charge in [-0.1, -0.05) is 30.3 Å². The normalized spacial score (nSPS) is 14.6. The SMILES string of the molecule is Cc1cccc(NC(=O)C2(C(=O)Nc3cccc4cccnc34)CC2)c1C. The zero-order valence-electron chi connectivity index (χ0n) is 15.4. The first-order valence-corrected chi connectivity index (χ1v) is 9.04. The number of pyridine rings is 1. The summed E-state index contributed by atoms with van der Waals surface area (Å²) in [6.07, 6.45) is 2.79. The van der Waals surface area contributed by atoms with Crippen molar-refractivity contribution in [3.8, 4) is 0 Å². The lowest BCUT2D eigenvalue weighted by atomic mass is 10.0. The fourth-order valence-corrected chi connectivity index (χ4v) is 3.26. The topological polar surface area (TPSA) is 71.1 Å². The molecule has 5 heteroatoms. The number of anilines is 2. The van der Waals surface area contributed by atoms with Gasteiger partial charge in [-0.2, -0.15) is 0 Å². The lowest BCUT2D eigenvalue weighted by molar-refractivity contribution is -0.131. The molecule has 0 unspecified atom stereocenters. The molecule has 1 aliphatic carbocycles. The van der Waals surface area contributed by atoms with Crippen molar-refractivity contribution in [3.63, 3.8) is 0 Å². The van der Waals surface area contributed by atoms with Gasteiger partial charge in [0, 0.05) is 17.3 Å². The monoisotopic (exact) mass is 359 g/mol. The Kier molecular flexibility index (Phi) is 4.15. The standard InChI is InChI=1S/C22H21N3O2/c1-14-6-3-9-17(15(14)2)24-20(26)22(11-12-22)21(27)25-18-10-4-7-16-8-5-13-23-19(16)18/h3-10,13H,11-12H2,1-2H3,(H,24,26)(H,25,27). The quantitative estimate of drug-likeness (QED) is 0.686. The van der Waals surface area contributed by atoms with Crippen molar-refractivity contribution < 1.29 is 9.59 Å². The summed E-state index contributed by atoms with van der Waals surface area (Å²) in [7, 11) is 0. The zero-order chi connectivity index (χ0) is 19.0. The highest BCUT2D eigenvalue weighted by atomic mass is 16.2. The Morgan fingerprint density at radius 3 is 2.26 bits per heavy atom. The van der Waals surface area contributed by atoms with E-state index in [9.17, 15) is 9.59 Å². The van der Waals surface area contributed by atoms with Crippen LogP contribution in [0.25, 0.3) is 10.9 Å². The number of carbonyl (C=O) groups is 2. The Balaban J connectivity index is 1.56. The third kappa shape index (κ3) is 3.05. The lowest BCUT2D eigenvalue weighted by Gasteiger charge is -2.17. The van der Waals surface area contributed by atoms with Crippen molar-refractivity contribution in [2.75, 3.05) is 10.6 Å². The maximum atomic E-state index is 12.9. The molecule has 0 atom stereocenters. The number of aryl methyl sites for hydroxylation is 1. The van der Waals surface area contributed by atoms with Crippen molar-refractivity contribution >= 4 is 34.1 Å². The van der Waals surface area contributed by atoms with Crippen molar-refractivity contribution in [1.29, 1.82) is 0 Å². The van der Waals surface area contributed by atoms with Crippen LogP contribution in [-0.4, -0.2) is 16.8 Å². The van der Waals surface area contributed by atoms with Gasteiger partial charge >= 0.3 is 0 Å². The fraction of sp³-hybridized carbons (Fsp3) is 0.227. The Morgan fingerprint density at radius 2 is 1.52 bits per heavy atom. The van der Waals surface area contributed by atoms with Crippen LogP contribution in [0.2, 0.25) is 0 Å². The van der Waals surface area contributed by atoms with E-state index in [4.69, 9.17) is 0 Å². The largest absolute Gasteiger partial charge is 0.325 e. The number of aromatic nitrogens is 1. The molecule has 5 nitrogen and oxygen atoms in total. The number of benzene rings is 2. The minimum absolute atomic E-state index is 0.248. The van der Waals surface area contributed by atoms with E-state index >= 15 is 0 Å². The average Bonchev–Trinajstić information content (AvgIpc) is 3.48. The molecule has 2 aromatic carbocycles.